The van der Waals surface area contributed by atoms with Crippen LogP contribution in [0.15, 0.2) is 58.4 Å². The third-order valence-electron chi connectivity index (χ3n) is 4.54. The minimum atomic E-state index is -0.233. The zero-order valence-electron chi connectivity index (χ0n) is 15.7. The van der Waals surface area contributed by atoms with E-state index >= 15 is 0 Å². The van der Waals surface area contributed by atoms with Crippen molar-refractivity contribution in [1.29, 1.82) is 0 Å². The van der Waals surface area contributed by atoms with E-state index in [9.17, 15) is 4.39 Å². The number of nitrogens with zero attached hydrogens (tertiary/aromatic N) is 3. The number of rotatable bonds is 5. The van der Waals surface area contributed by atoms with E-state index in [1.165, 1.54) is 12.1 Å². The number of aromatic nitrogens is 3. The summed E-state index contributed by atoms with van der Waals surface area (Å²) in [6.45, 7) is 1.29. The van der Waals surface area contributed by atoms with Gasteiger partial charge in [-0.3, -0.25) is 4.99 Å². The maximum atomic E-state index is 13.3. The highest BCUT2D eigenvalue weighted by Gasteiger charge is 2.06. The first-order valence-corrected chi connectivity index (χ1v) is 9.75. The Balaban J connectivity index is 0.00000240. The number of benzene rings is 1. The third kappa shape index (κ3) is 5.08. The Bertz CT molecular complexity index is 1150. The lowest BCUT2D eigenvalue weighted by molar-refractivity contribution is 0.629. The Morgan fingerprint density at radius 1 is 1.24 bits per heavy atom. The molecule has 0 saturated heterocycles. The van der Waals surface area contributed by atoms with Crippen LogP contribution in [-0.4, -0.2) is 33.9 Å². The van der Waals surface area contributed by atoms with Crippen LogP contribution in [0.4, 0.5) is 4.39 Å². The molecule has 0 radical (unpaired) electrons. The summed E-state index contributed by atoms with van der Waals surface area (Å²) in [4.78, 5) is 12.0. The van der Waals surface area contributed by atoms with E-state index in [1.807, 2.05) is 41.2 Å². The van der Waals surface area contributed by atoms with E-state index in [0.717, 1.165) is 38.7 Å². The normalized spacial score (nSPS) is 11.6. The van der Waals surface area contributed by atoms with Crippen molar-refractivity contribution in [2.75, 3.05) is 13.6 Å². The van der Waals surface area contributed by atoms with Crippen LogP contribution in [-0.2, 0) is 13.0 Å². The number of aliphatic imine (C=N–C) groups is 1. The Labute approximate surface area is 193 Å². The van der Waals surface area contributed by atoms with Crippen LogP contribution < -0.4 is 10.6 Å². The summed E-state index contributed by atoms with van der Waals surface area (Å²) < 4.78 is 16.3. The summed E-state index contributed by atoms with van der Waals surface area (Å²) >= 11 is 3.46. The summed E-state index contributed by atoms with van der Waals surface area (Å²) in [6, 6.07) is 8.75. The van der Waals surface area contributed by atoms with Crippen molar-refractivity contribution in [3.63, 3.8) is 0 Å². The maximum absolute atomic E-state index is 13.3. The lowest BCUT2D eigenvalue weighted by Gasteiger charge is -2.10. The number of hydrogen-bond acceptors (Lipinski definition) is 2. The standard InChI is InChI=1S/C20H20BrFN6.HI/c1-23-20(26-10-16-12-28-11-14(21)2-5-19(28)27-16)24-7-6-13-9-25-18-8-15(22)3-4-17(13)18;/h2-5,8-9,11-12,25H,6-7,10H2,1H3,(H2,23,24,26);1H. The number of hydrogen-bond donors (Lipinski definition) is 3. The second-order valence-corrected chi connectivity index (χ2v) is 7.37. The lowest BCUT2D eigenvalue weighted by Crippen LogP contribution is -2.37. The van der Waals surface area contributed by atoms with Gasteiger partial charge in [-0.2, -0.15) is 0 Å². The minimum Gasteiger partial charge on any atom is -0.361 e. The second kappa shape index (κ2) is 9.57. The van der Waals surface area contributed by atoms with Crippen molar-refractivity contribution in [3.8, 4) is 0 Å². The molecule has 3 N–H and O–H groups in total. The zero-order valence-corrected chi connectivity index (χ0v) is 19.7. The molecule has 0 atom stereocenters. The van der Waals surface area contributed by atoms with Gasteiger partial charge in [0.25, 0.3) is 0 Å². The van der Waals surface area contributed by atoms with Gasteiger partial charge in [-0.25, -0.2) is 9.37 Å². The number of guanidine groups is 1. The molecule has 1 aromatic carbocycles. The first-order valence-electron chi connectivity index (χ1n) is 8.95. The highest BCUT2D eigenvalue weighted by atomic mass is 127. The number of nitrogens with one attached hydrogen (secondary N) is 3. The van der Waals surface area contributed by atoms with Gasteiger partial charge in [-0.15, -0.1) is 24.0 Å². The molecular formula is C20H21BrFIN6. The summed E-state index contributed by atoms with van der Waals surface area (Å²) in [7, 11) is 1.74. The van der Waals surface area contributed by atoms with Crippen molar-refractivity contribution in [3.05, 3.63) is 70.5 Å². The van der Waals surface area contributed by atoms with Crippen LogP contribution in [0.2, 0.25) is 0 Å². The van der Waals surface area contributed by atoms with Crippen molar-refractivity contribution in [1.82, 2.24) is 25.0 Å². The van der Waals surface area contributed by atoms with Crippen molar-refractivity contribution in [2.45, 2.75) is 13.0 Å². The highest BCUT2D eigenvalue weighted by molar-refractivity contribution is 14.0. The molecule has 0 amide bonds. The molecule has 9 heteroatoms. The van der Waals surface area contributed by atoms with Crippen LogP contribution in [0.25, 0.3) is 16.6 Å². The predicted octanol–water partition coefficient (Wildman–Crippen LogP) is 4.24. The fourth-order valence-electron chi connectivity index (χ4n) is 3.18. The molecule has 6 nitrogen and oxygen atoms in total. The van der Waals surface area contributed by atoms with Gasteiger partial charge in [-0.05, 0) is 58.2 Å². The first-order chi connectivity index (χ1) is 13.6. The van der Waals surface area contributed by atoms with Gasteiger partial charge in [0.15, 0.2) is 5.96 Å². The Kier molecular flexibility index (Phi) is 7.12. The predicted molar refractivity (Wildman–Crippen MR) is 128 cm³/mol. The number of fused-ring (bicyclic) bond motifs is 2. The Morgan fingerprint density at radius 2 is 2.10 bits per heavy atom. The number of imidazole rings is 1. The molecule has 4 rings (SSSR count). The molecule has 0 spiro atoms. The molecule has 4 aromatic rings. The second-order valence-electron chi connectivity index (χ2n) is 6.45. The maximum Gasteiger partial charge on any atom is 0.191 e. The Morgan fingerprint density at radius 3 is 2.93 bits per heavy atom. The fraction of sp³-hybridized carbons (Fsp3) is 0.200. The van der Waals surface area contributed by atoms with Gasteiger partial charge >= 0.3 is 0 Å². The van der Waals surface area contributed by atoms with Crippen molar-refractivity contribution in [2.24, 2.45) is 4.99 Å². The summed E-state index contributed by atoms with van der Waals surface area (Å²) in [5, 5.41) is 7.63. The van der Waals surface area contributed by atoms with Gasteiger partial charge in [0, 0.05) is 47.6 Å². The van der Waals surface area contributed by atoms with Crippen LogP contribution >= 0.6 is 39.9 Å². The molecule has 0 bridgehead atoms. The highest BCUT2D eigenvalue weighted by Crippen LogP contribution is 2.19. The topological polar surface area (TPSA) is 69.5 Å². The average Bonchev–Trinajstić information content (AvgIpc) is 3.27. The first kappa shape index (κ1) is 21.6. The smallest absolute Gasteiger partial charge is 0.191 e. The molecule has 29 heavy (non-hydrogen) atoms. The van der Waals surface area contributed by atoms with E-state index < -0.39 is 0 Å². The molecule has 0 unspecified atom stereocenters. The number of halogens is 3. The monoisotopic (exact) mass is 570 g/mol. The van der Waals surface area contributed by atoms with Crippen molar-refractivity contribution >= 4 is 62.4 Å². The lowest BCUT2D eigenvalue weighted by atomic mass is 10.1. The Hall–Kier alpha value is -2.14. The molecular weight excluding hydrogens is 550 g/mol. The van der Waals surface area contributed by atoms with Gasteiger partial charge in [0.2, 0.25) is 0 Å². The number of H-pyrrole nitrogens is 1. The largest absolute Gasteiger partial charge is 0.361 e. The summed E-state index contributed by atoms with van der Waals surface area (Å²) in [5.41, 5.74) is 3.79. The molecule has 3 heterocycles. The molecule has 0 fully saturated rings. The molecule has 0 aliphatic rings. The van der Waals surface area contributed by atoms with E-state index in [2.05, 4.69) is 41.5 Å². The van der Waals surface area contributed by atoms with E-state index in [0.29, 0.717) is 19.0 Å². The molecule has 152 valence electrons. The van der Waals surface area contributed by atoms with E-state index in [4.69, 9.17) is 0 Å². The van der Waals surface area contributed by atoms with Crippen LogP contribution in [0.5, 0.6) is 0 Å². The summed E-state index contributed by atoms with van der Waals surface area (Å²) in [5.74, 6) is 0.479. The minimum absolute atomic E-state index is 0. The molecule has 0 saturated carbocycles. The molecule has 0 aliphatic heterocycles. The van der Waals surface area contributed by atoms with Crippen LogP contribution in [0.3, 0.4) is 0 Å². The summed E-state index contributed by atoms with van der Waals surface area (Å²) in [6.07, 6.45) is 6.70. The SMILES string of the molecule is CN=C(NCCc1c[nH]c2cc(F)ccc12)NCc1cn2cc(Br)ccc2n1.I. The third-order valence-corrected chi connectivity index (χ3v) is 5.01. The van der Waals surface area contributed by atoms with Gasteiger partial charge in [-0.1, -0.05) is 0 Å². The fourth-order valence-corrected chi connectivity index (χ4v) is 3.53. The number of pyridine rings is 1. The van der Waals surface area contributed by atoms with Crippen LogP contribution in [0.1, 0.15) is 11.3 Å². The van der Waals surface area contributed by atoms with E-state index in [1.54, 1.807) is 7.05 Å². The molecule has 0 aliphatic carbocycles. The van der Waals surface area contributed by atoms with Gasteiger partial charge < -0.3 is 20.0 Å². The van der Waals surface area contributed by atoms with E-state index in [-0.39, 0.29) is 29.8 Å². The molecule has 3 aromatic heterocycles. The average molecular weight is 571 g/mol. The van der Waals surface area contributed by atoms with Gasteiger partial charge in [0.1, 0.15) is 11.5 Å². The van der Waals surface area contributed by atoms with Gasteiger partial charge in [0.05, 0.1) is 12.2 Å². The number of aromatic amines is 1. The van der Waals surface area contributed by atoms with Crippen molar-refractivity contribution < 1.29 is 4.39 Å². The van der Waals surface area contributed by atoms with Crippen LogP contribution in [0, 0.1) is 5.82 Å². The quantitative estimate of drug-likeness (QED) is 0.191. The zero-order chi connectivity index (χ0) is 19.5.